The lowest BCUT2D eigenvalue weighted by molar-refractivity contribution is 0.0699. The number of rotatable bonds is 5. The largest absolute Gasteiger partial charge is 0.497 e. The van der Waals surface area contributed by atoms with Gasteiger partial charge in [-0.1, -0.05) is 18.2 Å². The maximum Gasteiger partial charge on any atom is 0.336 e. The van der Waals surface area contributed by atoms with Gasteiger partial charge in [0.25, 0.3) is 0 Å². The Hall–Kier alpha value is -3.90. The molecule has 1 saturated heterocycles. The van der Waals surface area contributed by atoms with Gasteiger partial charge in [-0.15, -0.1) is 0 Å². The van der Waals surface area contributed by atoms with Crippen LogP contribution < -0.4 is 9.64 Å². The zero-order valence-electron chi connectivity index (χ0n) is 18.3. The summed E-state index contributed by atoms with van der Waals surface area (Å²) < 4.78 is 10.6. The summed E-state index contributed by atoms with van der Waals surface area (Å²) in [6.45, 7) is 3.27. The van der Waals surface area contributed by atoms with E-state index in [-0.39, 0.29) is 5.56 Å². The molecule has 0 aliphatic carbocycles. The standard InChI is InChI=1S/C27H24N2O4/c1-32-22-9-4-19(5-10-22)26-17-24(27(30)31)23-16-20(6-11-25(23)28-26)18-2-7-21(8-3-18)29-12-14-33-15-13-29/h2-11,16-17H,12-15H2,1H3,(H,30,31). The molecule has 5 rings (SSSR count). The van der Waals surface area contributed by atoms with Gasteiger partial charge in [0.1, 0.15) is 5.75 Å². The topological polar surface area (TPSA) is 71.9 Å². The number of fused-ring (bicyclic) bond motifs is 1. The highest BCUT2D eigenvalue weighted by Crippen LogP contribution is 2.31. The van der Waals surface area contributed by atoms with Crippen molar-refractivity contribution in [3.8, 4) is 28.1 Å². The first-order valence-corrected chi connectivity index (χ1v) is 10.9. The maximum absolute atomic E-state index is 12.1. The number of aromatic carboxylic acids is 1. The number of methoxy groups -OCH3 is 1. The molecule has 1 fully saturated rings. The molecule has 33 heavy (non-hydrogen) atoms. The lowest BCUT2D eigenvalue weighted by atomic mass is 9.99. The minimum atomic E-state index is -0.975. The lowest BCUT2D eigenvalue weighted by Crippen LogP contribution is -2.36. The van der Waals surface area contributed by atoms with Crippen LogP contribution in [0.25, 0.3) is 33.3 Å². The van der Waals surface area contributed by atoms with E-state index in [0.29, 0.717) is 16.6 Å². The second-order valence-electron chi connectivity index (χ2n) is 7.97. The molecule has 166 valence electrons. The lowest BCUT2D eigenvalue weighted by Gasteiger charge is -2.28. The minimum absolute atomic E-state index is 0.234. The van der Waals surface area contributed by atoms with Crippen LogP contribution in [0.2, 0.25) is 0 Å². The number of carbonyl (C=O) groups is 1. The van der Waals surface area contributed by atoms with Gasteiger partial charge in [-0.3, -0.25) is 0 Å². The van der Waals surface area contributed by atoms with E-state index in [1.54, 1.807) is 13.2 Å². The molecule has 1 N–H and O–H groups in total. The number of benzene rings is 3. The molecular weight excluding hydrogens is 416 g/mol. The van der Waals surface area contributed by atoms with Gasteiger partial charge in [0, 0.05) is 29.7 Å². The maximum atomic E-state index is 12.1. The van der Waals surface area contributed by atoms with Gasteiger partial charge >= 0.3 is 5.97 Å². The number of hydrogen-bond acceptors (Lipinski definition) is 5. The number of ether oxygens (including phenoxy) is 2. The molecule has 0 atom stereocenters. The highest BCUT2D eigenvalue weighted by atomic mass is 16.5. The summed E-state index contributed by atoms with van der Waals surface area (Å²) >= 11 is 0. The number of aromatic nitrogens is 1. The Morgan fingerprint density at radius 2 is 1.58 bits per heavy atom. The van der Waals surface area contributed by atoms with E-state index in [4.69, 9.17) is 14.5 Å². The molecule has 0 saturated carbocycles. The van der Waals surface area contributed by atoms with Crippen LogP contribution in [-0.4, -0.2) is 49.5 Å². The van der Waals surface area contributed by atoms with Crippen LogP contribution in [0.15, 0.2) is 72.8 Å². The summed E-state index contributed by atoms with van der Waals surface area (Å²) in [4.78, 5) is 19.1. The van der Waals surface area contributed by atoms with E-state index in [9.17, 15) is 9.90 Å². The van der Waals surface area contributed by atoms with Crippen LogP contribution in [0, 0.1) is 0 Å². The molecule has 1 aromatic heterocycles. The minimum Gasteiger partial charge on any atom is -0.497 e. The van der Waals surface area contributed by atoms with E-state index in [1.807, 2.05) is 42.5 Å². The second-order valence-corrected chi connectivity index (χ2v) is 7.97. The number of hydrogen-bond donors (Lipinski definition) is 1. The highest BCUT2D eigenvalue weighted by molar-refractivity contribution is 6.05. The van der Waals surface area contributed by atoms with Crippen LogP contribution in [0.3, 0.4) is 0 Å². The van der Waals surface area contributed by atoms with Gasteiger partial charge in [0.15, 0.2) is 0 Å². The van der Waals surface area contributed by atoms with E-state index < -0.39 is 5.97 Å². The molecule has 2 heterocycles. The van der Waals surface area contributed by atoms with Crippen LogP contribution in [-0.2, 0) is 4.74 Å². The molecule has 1 aliphatic rings. The van der Waals surface area contributed by atoms with E-state index in [0.717, 1.165) is 48.7 Å². The van der Waals surface area contributed by atoms with Gasteiger partial charge in [0.2, 0.25) is 0 Å². The summed E-state index contributed by atoms with van der Waals surface area (Å²) in [7, 11) is 1.61. The Balaban J connectivity index is 1.51. The second kappa shape index (κ2) is 8.92. The van der Waals surface area contributed by atoms with E-state index in [1.165, 1.54) is 5.69 Å². The number of carboxylic acids is 1. The van der Waals surface area contributed by atoms with Gasteiger partial charge < -0.3 is 19.5 Å². The third kappa shape index (κ3) is 4.25. The Bertz CT molecular complexity index is 1290. The van der Waals surface area contributed by atoms with Gasteiger partial charge in [-0.05, 0) is 65.7 Å². The monoisotopic (exact) mass is 440 g/mol. The number of carboxylic acid groups (broad SMARTS) is 1. The number of anilines is 1. The molecule has 4 aromatic rings. The van der Waals surface area contributed by atoms with Crippen molar-refractivity contribution < 1.29 is 19.4 Å². The predicted octanol–water partition coefficient (Wildman–Crippen LogP) is 5.11. The highest BCUT2D eigenvalue weighted by Gasteiger charge is 2.15. The first-order chi connectivity index (χ1) is 16.1. The zero-order valence-corrected chi connectivity index (χ0v) is 18.3. The van der Waals surface area contributed by atoms with E-state index in [2.05, 4.69) is 29.2 Å². The molecule has 0 bridgehead atoms. The average molecular weight is 440 g/mol. The molecule has 1 aliphatic heterocycles. The normalized spacial score (nSPS) is 13.8. The molecule has 0 radical (unpaired) electrons. The van der Waals surface area contributed by atoms with Crippen LogP contribution in [0.4, 0.5) is 5.69 Å². The molecule has 3 aromatic carbocycles. The fourth-order valence-corrected chi connectivity index (χ4v) is 4.18. The predicted molar refractivity (Wildman–Crippen MR) is 129 cm³/mol. The number of nitrogens with zero attached hydrogens (tertiary/aromatic N) is 2. The van der Waals surface area contributed by atoms with Crippen molar-refractivity contribution in [2.75, 3.05) is 38.3 Å². The van der Waals surface area contributed by atoms with Crippen molar-refractivity contribution in [3.05, 3.63) is 78.4 Å². The zero-order chi connectivity index (χ0) is 22.8. The fraction of sp³-hybridized carbons (Fsp3) is 0.185. The Morgan fingerprint density at radius 1 is 0.909 bits per heavy atom. The quantitative estimate of drug-likeness (QED) is 0.465. The number of pyridine rings is 1. The fourth-order valence-electron chi connectivity index (χ4n) is 4.18. The van der Waals surface area contributed by atoms with Crippen LogP contribution >= 0.6 is 0 Å². The smallest absolute Gasteiger partial charge is 0.336 e. The summed E-state index contributed by atoms with van der Waals surface area (Å²) in [5, 5.41) is 10.5. The number of morpholine rings is 1. The molecule has 6 heteroatoms. The summed E-state index contributed by atoms with van der Waals surface area (Å²) in [5.74, 6) is -0.237. The molecule has 6 nitrogen and oxygen atoms in total. The van der Waals surface area contributed by atoms with Crippen molar-refractivity contribution >= 4 is 22.6 Å². The van der Waals surface area contributed by atoms with Crippen LogP contribution in [0.5, 0.6) is 5.75 Å². The molecule has 0 spiro atoms. The SMILES string of the molecule is COc1ccc(-c2cc(C(=O)O)c3cc(-c4ccc(N5CCOCC5)cc4)ccc3n2)cc1. The van der Waals surface area contributed by atoms with E-state index >= 15 is 0 Å². The van der Waals surface area contributed by atoms with Crippen molar-refractivity contribution in [3.63, 3.8) is 0 Å². The van der Waals surface area contributed by atoms with Gasteiger partial charge in [-0.25, -0.2) is 9.78 Å². The third-order valence-corrected chi connectivity index (χ3v) is 6.00. The summed E-state index contributed by atoms with van der Waals surface area (Å²) in [6.07, 6.45) is 0. The van der Waals surface area contributed by atoms with Crippen molar-refractivity contribution in [1.29, 1.82) is 0 Å². The molecule has 0 unspecified atom stereocenters. The summed E-state index contributed by atoms with van der Waals surface area (Å²) in [5.41, 5.74) is 5.49. The summed E-state index contributed by atoms with van der Waals surface area (Å²) in [6, 6.07) is 23.2. The van der Waals surface area contributed by atoms with Crippen molar-refractivity contribution in [2.24, 2.45) is 0 Å². The third-order valence-electron chi connectivity index (χ3n) is 6.00. The molecule has 0 amide bonds. The Labute approximate surface area is 192 Å². The van der Waals surface area contributed by atoms with Gasteiger partial charge in [0.05, 0.1) is 37.1 Å². The van der Waals surface area contributed by atoms with Crippen LogP contribution in [0.1, 0.15) is 10.4 Å². The first kappa shape index (κ1) is 21.0. The van der Waals surface area contributed by atoms with Crippen molar-refractivity contribution in [1.82, 2.24) is 4.98 Å². The molecular formula is C27H24N2O4. The van der Waals surface area contributed by atoms with Crippen molar-refractivity contribution in [2.45, 2.75) is 0 Å². The van der Waals surface area contributed by atoms with Gasteiger partial charge in [-0.2, -0.15) is 0 Å². The Morgan fingerprint density at radius 3 is 2.24 bits per heavy atom. The first-order valence-electron chi connectivity index (χ1n) is 10.9. The average Bonchev–Trinajstić information content (AvgIpc) is 2.88. The Kier molecular flexibility index (Phi) is 5.67.